The summed E-state index contributed by atoms with van der Waals surface area (Å²) in [5.41, 5.74) is 0. The highest BCUT2D eigenvalue weighted by atomic mass is 16.5. The van der Waals surface area contributed by atoms with Gasteiger partial charge in [-0.05, 0) is 12.8 Å². The van der Waals surface area contributed by atoms with E-state index < -0.39 is 11.9 Å². The first-order valence-electron chi connectivity index (χ1n) is 4.77. The molecule has 0 atom stereocenters. The van der Waals surface area contributed by atoms with E-state index in [1.165, 1.54) is 12.8 Å². The molecule has 2 rings (SSSR count). The molecule has 0 aromatic rings. The second-order valence-corrected chi connectivity index (χ2v) is 3.57. The fourth-order valence-corrected chi connectivity index (χ4v) is 2.08. The highest BCUT2D eigenvalue weighted by molar-refractivity contribution is 6.32. The van der Waals surface area contributed by atoms with Gasteiger partial charge in [-0.1, -0.05) is 12.8 Å². The minimum Gasteiger partial charge on any atom is -0.457 e. The van der Waals surface area contributed by atoms with E-state index in [9.17, 15) is 9.59 Å². The SMILES string of the molecule is O=C1OCCN(C2CCCC2)C1=O. The lowest BCUT2D eigenvalue weighted by molar-refractivity contribution is -0.168. The van der Waals surface area contributed by atoms with E-state index in [1.54, 1.807) is 4.90 Å². The van der Waals surface area contributed by atoms with E-state index in [-0.39, 0.29) is 0 Å². The molecule has 4 heteroatoms. The third kappa shape index (κ3) is 1.53. The number of hydrogen-bond acceptors (Lipinski definition) is 3. The monoisotopic (exact) mass is 183 g/mol. The molecular weight excluding hydrogens is 170 g/mol. The molecule has 1 heterocycles. The average Bonchev–Trinajstić information content (AvgIpc) is 2.62. The summed E-state index contributed by atoms with van der Waals surface area (Å²) in [6, 6.07) is 0.292. The van der Waals surface area contributed by atoms with E-state index in [1.807, 2.05) is 0 Å². The normalized spacial score (nSPS) is 25.1. The first kappa shape index (κ1) is 8.53. The molecular formula is C9H13NO3. The van der Waals surface area contributed by atoms with Gasteiger partial charge in [0, 0.05) is 6.04 Å². The fourth-order valence-electron chi connectivity index (χ4n) is 2.08. The van der Waals surface area contributed by atoms with Gasteiger partial charge in [0.15, 0.2) is 0 Å². The molecule has 0 bridgehead atoms. The molecule has 4 nitrogen and oxygen atoms in total. The molecule has 0 N–H and O–H groups in total. The zero-order chi connectivity index (χ0) is 9.26. The van der Waals surface area contributed by atoms with Crippen molar-refractivity contribution in [3.05, 3.63) is 0 Å². The quantitative estimate of drug-likeness (QED) is 0.434. The van der Waals surface area contributed by atoms with E-state index in [0.29, 0.717) is 19.2 Å². The standard InChI is InChI=1S/C9H13NO3/c11-8-9(12)13-6-5-10(8)7-3-1-2-4-7/h7H,1-6H2. The molecule has 2 aliphatic rings. The summed E-state index contributed by atoms with van der Waals surface area (Å²) in [6.07, 6.45) is 4.42. The van der Waals surface area contributed by atoms with Crippen molar-refractivity contribution in [3.63, 3.8) is 0 Å². The summed E-state index contributed by atoms with van der Waals surface area (Å²) in [7, 11) is 0. The van der Waals surface area contributed by atoms with Crippen molar-refractivity contribution in [2.75, 3.05) is 13.2 Å². The van der Waals surface area contributed by atoms with Crippen LogP contribution >= 0.6 is 0 Å². The third-order valence-corrected chi connectivity index (χ3v) is 2.77. The molecule has 1 amide bonds. The van der Waals surface area contributed by atoms with Crippen LogP contribution < -0.4 is 0 Å². The zero-order valence-electron chi connectivity index (χ0n) is 7.49. The maximum Gasteiger partial charge on any atom is 0.397 e. The Morgan fingerprint density at radius 3 is 2.62 bits per heavy atom. The minimum absolute atomic E-state index is 0.292. The number of esters is 1. The number of amides is 1. The first-order valence-corrected chi connectivity index (χ1v) is 4.77. The third-order valence-electron chi connectivity index (χ3n) is 2.77. The minimum atomic E-state index is -0.682. The smallest absolute Gasteiger partial charge is 0.397 e. The van der Waals surface area contributed by atoms with Crippen molar-refractivity contribution in [1.29, 1.82) is 0 Å². The summed E-state index contributed by atoms with van der Waals surface area (Å²) >= 11 is 0. The molecule has 72 valence electrons. The van der Waals surface area contributed by atoms with Crippen molar-refractivity contribution in [2.45, 2.75) is 31.7 Å². The molecule has 1 aliphatic carbocycles. The number of carbonyl (C=O) groups is 2. The summed E-state index contributed by atoms with van der Waals surface area (Å²) < 4.78 is 4.65. The second kappa shape index (κ2) is 3.36. The summed E-state index contributed by atoms with van der Waals surface area (Å²) in [5, 5.41) is 0. The van der Waals surface area contributed by atoms with Gasteiger partial charge in [-0.2, -0.15) is 0 Å². The largest absolute Gasteiger partial charge is 0.457 e. The van der Waals surface area contributed by atoms with E-state index in [0.717, 1.165) is 12.8 Å². The van der Waals surface area contributed by atoms with Crippen LogP contribution in [0.5, 0.6) is 0 Å². The molecule has 0 aromatic carbocycles. The number of morpholine rings is 1. The van der Waals surface area contributed by atoms with Gasteiger partial charge in [-0.3, -0.25) is 4.79 Å². The molecule has 2 fully saturated rings. The van der Waals surface area contributed by atoms with Crippen LogP contribution in [0.25, 0.3) is 0 Å². The molecule has 1 saturated carbocycles. The highest BCUT2D eigenvalue weighted by Crippen LogP contribution is 2.24. The molecule has 1 aliphatic heterocycles. The van der Waals surface area contributed by atoms with E-state index in [2.05, 4.69) is 4.74 Å². The molecule has 0 radical (unpaired) electrons. The number of ether oxygens (including phenoxy) is 1. The van der Waals surface area contributed by atoms with Crippen LogP contribution in [0, 0.1) is 0 Å². The zero-order valence-corrected chi connectivity index (χ0v) is 7.49. The lowest BCUT2D eigenvalue weighted by Gasteiger charge is -2.30. The molecule has 0 spiro atoms. The van der Waals surface area contributed by atoms with Gasteiger partial charge in [0.2, 0.25) is 0 Å². The van der Waals surface area contributed by atoms with Gasteiger partial charge in [0.25, 0.3) is 0 Å². The van der Waals surface area contributed by atoms with Crippen LogP contribution in [0.15, 0.2) is 0 Å². The Balaban J connectivity index is 2.04. The number of rotatable bonds is 1. The Bertz CT molecular complexity index is 233. The van der Waals surface area contributed by atoms with E-state index >= 15 is 0 Å². The van der Waals surface area contributed by atoms with Crippen molar-refractivity contribution in [3.8, 4) is 0 Å². The van der Waals surface area contributed by atoms with Crippen LogP contribution in [0.1, 0.15) is 25.7 Å². The predicted molar refractivity (Wildman–Crippen MR) is 44.9 cm³/mol. The highest BCUT2D eigenvalue weighted by Gasteiger charge is 2.34. The molecule has 0 unspecified atom stereocenters. The number of hydrogen-bond donors (Lipinski definition) is 0. The molecule has 13 heavy (non-hydrogen) atoms. The van der Waals surface area contributed by atoms with Gasteiger partial charge in [-0.25, -0.2) is 4.79 Å². The van der Waals surface area contributed by atoms with Gasteiger partial charge < -0.3 is 9.64 Å². The average molecular weight is 183 g/mol. The Morgan fingerprint density at radius 2 is 1.92 bits per heavy atom. The van der Waals surface area contributed by atoms with Crippen LogP contribution in [0.2, 0.25) is 0 Å². The van der Waals surface area contributed by atoms with Crippen LogP contribution in [0.3, 0.4) is 0 Å². The topological polar surface area (TPSA) is 46.6 Å². The van der Waals surface area contributed by atoms with E-state index in [4.69, 9.17) is 0 Å². The van der Waals surface area contributed by atoms with Gasteiger partial charge in [-0.15, -0.1) is 0 Å². The number of carbonyl (C=O) groups excluding carboxylic acids is 2. The van der Waals surface area contributed by atoms with Crippen molar-refractivity contribution in [1.82, 2.24) is 4.90 Å². The Kier molecular flexibility index (Phi) is 2.20. The molecule has 1 saturated heterocycles. The second-order valence-electron chi connectivity index (χ2n) is 3.57. The van der Waals surface area contributed by atoms with Crippen molar-refractivity contribution in [2.24, 2.45) is 0 Å². The predicted octanol–water partition coefficient (Wildman–Crippen LogP) is 0.314. The van der Waals surface area contributed by atoms with Gasteiger partial charge in [0.1, 0.15) is 6.61 Å². The van der Waals surface area contributed by atoms with Crippen LogP contribution in [-0.2, 0) is 14.3 Å². The van der Waals surface area contributed by atoms with Gasteiger partial charge >= 0.3 is 11.9 Å². The Hall–Kier alpha value is -1.06. The van der Waals surface area contributed by atoms with Crippen LogP contribution in [0.4, 0.5) is 0 Å². The van der Waals surface area contributed by atoms with Gasteiger partial charge in [0.05, 0.1) is 6.54 Å². The summed E-state index contributed by atoms with van der Waals surface area (Å²) in [5.74, 6) is -1.13. The lowest BCUT2D eigenvalue weighted by Crippen LogP contribution is -2.49. The van der Waals surface area contributed by atoms with Crippen LogP contribution in [-0.4, -0.2) is 36.0 Å². The first-order chi connectivity index (χ1) is 6.29. The summed E-state index contributed by atoms with van der Waals surface area (Å²) in [6.45, 7) is 0.941. The Labute approximate surface area is 76.8 Å². The maximum atomic E-state index is 11.4. The lowest BCUT2D eigenvalue weighted by atomic mass is 10.2. The summed E-state index contributed by atoms with van der Waals surface area (Å²) in [4.78, 5) is 24.0. The maximum absolute atomic E-state index is 11.4. The molecule has 0 aromatic heterocycles. The number of nitrogens with zero attached hydrogens (tertiary/aromatic N) is 1. The fraction of sp³-hybridized carbons (Fsp3) is 0.778. The Morgan fingerprint density at radius 1 is 1.23 bits per heavy atom. The van der Waals surface area contributed by atoms with Crippen molar-refractivity contribution >= 4 is 11.9 Å². The number of cyclic esters (lactones) is 1. The van der Waals surface area contributed by atoms with Crippen molar-refractivity contribution < 1.29 is 14.3 Å².